The van der Waals surface area contributed by atoms with Crippen molar-refractivity contribution >= 4 is 17.7 Å². The Kier molecular flexibility index (Phi) is 15.1. The SMILES string of the molecule is COCCCC(=O)N(C)c1cc(C)ccc1COC1CN(C(=O)OC(C)(C)C)CCC1c1ccc(OCCCOCc2ccccc2OC)cc1. The van der Waals surface area contributed by atoms with Gasteiger partial charge in [0.2, 0.25) is 5.91 Å². The van der Waals surface area contributed by atoms with Gasteiger partial charge in [-0.2, -0.15) is 0 Å². The van der Waals surface area contributed by atoms with Crippen LogP contribution in [0.2, 0.25) is 0 Å². The molecular formula is C41H56N2O8. The van der Waals surface area contributed by atoms with E-state index in [2.05, 4.69) is 12.1 Å². The zero-order valence-corrected chi connectivity index (χ0v) is 31.4. The smallest absolute Gasteiger partial charge is 0.410 e. The largest absolute Gasteiger partial charge is 0.496 e. The van der Waals surface area contributed by atoms with E-state index in [1.54, 1.807) is 31.1 Å². The van der Waals surface area contributed by atoms with Crippen molar-refractivity contribution in [2.24, 2.45) is 0 Å². The topological polar surface area (TPSA) is 96.0 Å². The van der Waals surface area contributed by atoms with Crippen molar-refractivity contribution < 1.29 is 38.0 Å². The van der Waals surface area contributed by atoms with Gasteiger partial charge in [0.15, 0.2) is 0 Å². The molecule has 3 aromatic rings. The molecule has 2 atom stereocenters. The molecular weight excluding hydrogens is 648 g/mol. The fourth-order valence-corrected chi connectivity index (χ4v) is 6.10. The Morgan fingerprint density at radius 2 is 1.67 bits per heavy atom. The molecule has 1 saturated heterocycles. The number of carbonyl (C=O) groups excluding carboxylic acids is 2. The summed E-state index contributed by atoms with van der Waals surface area (Å²) >= 11 is 0. The monoisotopic (exact) mass is 704 g/mol. The summed E-state index contributed by atoms with van der Waals surface area (Å²) in [5.74, 6) is 1.68. The highest BCUT2D eigenvalue weighted by Gasteiger charge is 2.35. The molecule has 1 aliphatic heterocycles. The fourth-order valence-electron chi connectivity index (χ4n) is 6.10. The highest BCUT2D eigenvalue weighted by Crippen LogP contribution is 2.34. The average molecular weight is 705 g/mol. The minimum absolute atomic E-state index is 0.0215. The Labute approximate surface area is 303 Å². The van der Waals surface area contributed by atoms with Crippen LogP contribution in [-0.4, -0.2) is 82.8 Å². The van der Waals surface area contributed by atoms with E-state index in [1.807, 2.05) is 82.3 Å². The third kappa shape index (κ3) is 12.3. The summed E-state index contributed by atoms with van der Waals surface area (Å²) in [6, 6.07) is 22.1. The maximum atomic E-state index is 13.1. The number of para-hydroxylation sites is 1. The molecule has 0 spiro atoms. The number of amides is 2. The van der Waals surface area contributed by atoms with Crippen molar-refractivity contribution in [2.75, 3.05) is 59.1 Å². The molecule has 0 saturated carbocycles. The zero-order chi connectivity index (χ0) is 36.8. The molecule has 4 rings (SSSR count). The van der Waals surface area contributed by atoms with E-state index in [0.717, 1.165) is 45.9 Å². The minimum atomic E-state index is -0.598. The molecule has 1 aliphatic rings. The van der Waals surface area contributed by atoms with Crippen LogP contribution in [0.5, 0.6) is 11.5 Å². The van der Waals surface area contributed by atoms with E-state index in [-0.39, 0.29) is 30.6 Å². The van der Waals surface area contributed by atoms with Crippen LogP contribution in [0.15, 0.2) is 66.7 Å². The van der Waals surface area contributed by atoms with Crippen LogP contribution in [0.25, 0.3) is 0 Å². The highest BCUT2D eigenvalue weighted by atomic mass is 16.6. The van der Waals surface area contributed by atoms with E-state index >= 15 is 0 Å². The minimum Gasteiger partial charge on any atom is -0.496 e. The molecule has 2 unspecified atom stereocenters. The van der Waals surface area contributed by atoms with Gasteiger partial charge in [-0.15, -0.1) is 0 Å². The van der Waals surface area contributed by atoms with Crippen molar-refractivity contribution in [1.29, 1.82) is 0 Å². The summed E-state index contributed by atoms with van der Waals surface area (Å²) < 4.78 is 34.8. The molecule has 1 fully saturated rings. The summed E-state index contributed by atoms with van der Waals surface area (Å²) in [6.07, 6.45) is 1.88. The zero-order valence-electron chi connectivity index (χ0n) is 31.4. The Bertz CT molecular complexity index is 1540. The molecule has 0 radical (unpaired) electrons. The summed E-state index contributed by atoms with van der Waals surface area (Å²) in [4.78, 5) is 29.6. The molecule has 3 aromatic carbocycles. The van der Waals surface area contributed by atoms with Crippen LogP contribution in [0, 0.1) is 6.92 Å². The van der Waals surface area contributed by atoms with E-state index in [9.17, 15) is 9.59 Å². The lowest BCUT2D eigenvalue weighted by Crippen LogP contribution is -2.48. The van der Waals surface area contributed by atoms with Gasteiger partial charge in [-0.05, 0) is 75.9 Å². The second kappa shape index (κ2) is 19.5. The number of benzene rings is 3. The van der Waals surface area contributed by atoms with Gasteiger partial charge in [-0.3, -0.25) is 4.79 Å². The van der Waals surface area contributed by atoms with Crippen LogP contribution in [0.4, 0.5) is 10.5 Å². The molecule has 0 bridgehead atoms. The quantitative estimate of drug-likeness (QED) is 0.132. The molecule has 51 heavy (non-hydrogen) atoms. The van der Waals surface area contributed by atoms with E-state index in [4.69, 9.17) is 28.4 Å². The van der Waals surface area contributed by atoms with Crippen molar-refractivity contribution in [3.8, 4) is 11.5 Å². The number of piperidine rings is 1. The number of rotatable bonds is 17. The van der Waals surface area contributed by atoms with Crippen molar-refractivity contribution in [3.05, 3.63) is 89.0 Å². The molecule has 10 nitrogen and oxygen atoms in total. The van der Waals surface area contributed by atoms with E-state index in [0.29, 0.717) is 58.8 Å². The van der Waals surface area contributed by atoms with Gasteiger partial charge in [0.05, 0.1) is 46.2 Å². The van der Waals surface area contributed by atoms with E-state index in [1.165, 1.54) is 0 Å². The molecule has 0 aliphatic carbocycles. The van der Waals surface area contributed by atoms with Crippen LogP contribution in [-0.2, 0) is 37.0 Å². The first-order valence-electron chi connectivity index (χ1n) is 17.9. The predicted octanol–water partition coefficient (Wildman–Crippen LogP) is 7.69. The van der Waals surface area contributed by atoms with Crippen molar-refractivity contribution in [1.82, 2.24) is 4.90 Å². The average Bonchev–Trinajstić information content (AvgIpc) is 3.11. The Balaban J connectivity index is 1.40. The van der Waals surface area contributed by atoms with Crippen LogP contribution in [0.1, 0.15) is 74.6 Å². The molecule has 2 amide bonds. The number of hydrogen-bond acceptors (Lipinski definition) is 8. The number of likely N-dealkylation sites (tertiary alicyclic amines) is 1. The second-order valence-corrected chi connectivity index (χ2v) is 14.0. The lowest BCUT2D eigenvalue weighted by molar-refractivity contribution is -0.118. The van der Waals surface area contributed by atoms with Gasteiger partial charge in [0.1, 0.15) is 17.1 Å². The molecule has 0 N–H and O–H groups in total. The van der Waals surface area contributed by atoms with Crippen molar-refractivity contribution in [3.63, 3.8) is 0 Å². The normalized spacial score (nSPS) is 16.1. The Morgan fingerprint density at radius 1 is 0.902 bits per heavy atom. The molecule has 278 valence electrons. The number of anilines is 1. The Hall–Kier alpha value is -4.12. The maximum absolute atomic E-state index is 13.1. The fraction of sp³-hybridized carbons (Fsp3) is 0.512. The lowest BCUT2D eigenvalue weighted by atomic mass is 9.87. The number of nitrogens with zero attached hydrogens (tertiary/aromatic N) is 2. The molecule has 0 aromatic heterocycles. The summed E-state index contributed by atoms with van der Waals surface area (Å²) in [7, 11) is 5.11. The van der Waals surface area contributed by atoms with Gasteiger partial charge in [-0.1, -0.05) is 42.5 Å². The number of ether oxygens (including phenoxy) is 6. The number of methoxy groups -OCH3 is 2. The first-order chi connectivity index (χ1) is 24.5. The summed E-state index contributed by atoms with van der Waals surface area (Å²) in [6.45, 7) is 11.0. The first-order valence-corrected chi connectivity index (χ1v) is 17.9. The summed E-state index contributed by atoms with van der Waals surface area (Å²) in [5, 5.41) is 0. The second-order valence-electron chi connectivity index (χ2n) is 14.0. The number of hydrogen-bond donors (Lipinski definition) is 0. The van der Waals surface area contributed by atoms with Crippen molar-refractivity contribution in [2.45, 2.75) is 84.2 Å². The molecule has 10 heteroatoms. The van der Waals surface area contributed by atoms with Gasteiger partial charge >= 0.3 is 6.09 Å². The predicted molar refractivity (Wildman–Crippen MR) is 199 cm³/mol. The van der Waals surface area contributed by atoms with Gasteiger partial charge in [-0.25, -0.2) is 4.79 Å². The van der Waals surface area contributed by atoms with Crippen LogP contribution in [0.3, 0.4) is 0 Å². The van der Waals surface area contributed by atoms with Gasteiger partial charge < -0.3 is 38.2 Å². The maximum Gasteiger partial charge on any atom is 0.410 e. The highest BCUT2D eigenvalue weighted by molar-refractivity contribution is 5.93. The van der Waals surface area contributed by atoms with Crippen LogP contribution < -0.4 is 14.4 Å². The first kappa shape index (κ1) is 39.7. The van der Waals surface area contributed by atoms with Gasteiger partial charge in [0, 0.05) is 62.9 Å². The van der Waals surface area contributed by atoms with E-state index < -0.39 is 5.60 Å². The van der Waals surface area contributed by atoms with Gasteiger partial charge in [0.25, 0.3) is 0 Å². The summed E-state index contributed by atoms with van der Waals surface area (Å²) in [5.41, 5.74) is 4.32. The third-order valence-electron chi connectivity index (χ3n) is 8.84. The van der Waals surface area contributed by atoms with Crippen LogP contribution >= 0.6 is 0 Å². The Morgan fingerprint density at radius 3 is 2.39 bits per heavy atom. The molecule has 1 heterocycles. The third-order valence-corrected chi connectivity index (χ3v) is 8.84. The lowest BCUT2D eigenvalue weighted by Gasteiger charge is -2.39. The number of aryl methyl sites for hydroxylation is 1. The number of carbonyl (C=O) groups is 2. The standard InChI is InChI=1S/C41H56N2O8/c1-30-15-16-32(36(26-30)42(5)39(44)14-10-23-46-6)29-50-38-27-43(40(45)51-41(2,3)4)22-21-35(38)31-17-19-34(20-18-31)49-25-11-24-48-28-33-12-8-9-13-37(33)47-7/h8-9,12-13,15-20,26,35,38H,10-11,14,21-25,27-29H2,1-7H3.